The Morgan fingerprint density at radius 2 is 1.39 bits per heavy atom. The Morgan fingerprint density at radius 3 is 1.91 bits per heavy atom. The minimum Gasteiger partial charge on any atom is -0.481 e. The van der Waals surface area contributed by atoms with E-state index in [1.54, 1.807) is 13.8 Å². The molecule has 0 aliphatic heterocycles. The van der Waals surface area contributed by atoms with Crippen molar-refractivity contribution in [1.29, 1.82) is 0 Å². The third-order valence-corrected chi connectivity index (χ3v) is 4.62. The molecule has 0 heterocycles. The summed E-state index contributed by atoms with van der Waals surface area (Å²) in [5.74, 6) is -0.928. The number of aliphatic hydroxyl groups excluding tert-OH is 1. The molecule has 1 atom stereocenters. The van der Waals surface area contributed by atoms with Gasteiger partial charge < -0.3 is 10.2 Å². The van der Waals surface area contributed by atoms with Crippen LogP contribution in [-0.4, -0.2) is 22.3 Å². The highest BCUT2D eigenvalue weighted by Crippen LogP contribution is 2.25. The molecule has 0 radical (unpaired) electrons. The second kappa shape index (κ2) is 13.6. The van der Waals surface area contributed by atoms with Gasteiger partial charge in [0.1, 0.15) is 0 Å². The molecule has 0 aromatic heterocycles. The van der Waals surface area contributed by atoms with Crippen LogP contribution in [-0.2, 0) is 4.79 Å². The molecule has 0 amide bonds. The topological polar surface area (TPSA) is 57.5 Å². The molecular formula is C20H38O3. The molecule has 0 spiro atoms. The van der Waals surface area contributed by atoms with Crippen molar-refractivity contribution in [1.82, 2.24) is 0 Å². The molecule has 3 nitrogen and oxygen atoms in total. The van der Waals surface area contributed by atoms with E-state index in [1.165, 1.54) is 44.9 Å². The molecule has 0 bridgehead atoms. The van der Waals surface area contributed by atoms with Gasteiger partial charge in [-0.05, 0) is 46.0 Å². The van der Waals surface area contributed by atoms with Crippen LogP contribution in [0.5, 0.6) is 0 Å². The number of carboxylic acid groups (broad SMARTS) is 1. The molecule has 0 fully saturated rings. The molecule has 0 rings (SSSR count). The standard InChI is InChI=1S/C20H38O3/c1-4-5-6-7-8-9-10-11-12-13-14-15-16-17-18(21)20(2,3)19(22)23/h11-12,18,21H,4-10,13-17H2,1-3H3,(H,22,23)/b12-11-. The maximum absolute atomic E-state index is 11.0. The highest BCUT2D eigenvalue weighted by molar-refractivity contribution is 5.74. The Balaban J connectivity index is 3.45. The molecule has 0 aromatic rings. The number of aliphatic carboxylic acids is 1. The van der Waals surface area contributed by atoms with Gasteiger partial charge in [0, 0.05) is 0 Å². The number of carboxylic acids is 1. The second-order valence-corrected chi connectivity index (χ2v) is 7.21. The maximum Gasteiger partial charge on any atom is 0.311 e. The Bertz CT molecular complexity index is 321. The maximum atomic E-state index is 11.0. The number of allylic oxidation sites excluding steroid dienone is 2. The van der Waals surface area contributed by atoms with Crippen molar-refractivity contribution < 1.29 is 15.0 Å². The molecule has 0 saturated heterocycles. The molecule has 3 heteroatoms. The van der Waals surface area contributed by atoms with E-state index in [4.69, 9.17) is 5.11 Å². The Hall–Kier alpha value is -0.830. The molecule has 1 unspecified atom stereocenters. The van der Waals surface area contributed by atoms with Gasteiger partial charge in [-0.2, -0.15) is 0 Å². The second-order valence-electron chi connectivity index (χ2n) is 7.21. The first kappa shape index (κ1) is 22.2. The van der Waals surface area contributed by atoms with E-state index in [0.29, 0.717) is 6.42 Å². The normalized spacial score (nSPS) is 13.6. The van der Waals surface area contributed by atoms with Gasteiger partial charge in [-0.15, -0.1) is 0 Å². The summed E-state index contributed by atoms with van der Waals surface area (Å²) in [4.78, 5) is 11.0. The van der Waals surface area contributed by atoms with Gasteiger partial charge >= 0.3 is 5.97 Å². The van der Waals surface area contributed by atoms with Crippen molar-refractivity contribution in [3.05, 3.63) is 12.2 Å². The summed E-state index contributed by atoms with van der Waals surface area (Å²) in [5, 5.41) is 19.0. The fourth-order valence-corrected chi connectivity index (χ4v) is 2.56. The van der Waals surface area contributed by atoms with Gasteiger partial charge in [-0.25, -0.2) is 0 Å². The average Bonchev–Trinajstić information content (AvgIpc) is 2.51. The van der Waals surface area contributed by atoms with E-state index in [0.717, 1.165) is 25.7 Å². The van der Waals surface area contributed by atoms with Gasteiger partial charge in [0.15, 0.2) is 0 Å². The van der Waals surface area contributed by atoms with E-state index >= 15 is 0 Å². The number of rotatable bonds is 15. The van der Waals surface area contributed by atoms with E-state index in [-0.39, 0.29) is 0 Å². The Kier molecular flexibility index (Phi) is 13.1. The lowest BCUT2D eigenvalue weighted by Gasteiger charge is -2.25. The van der Waals surface area contributed by atoms with Crippen molar-refractivity contribution in [2.45, 2.75) is 104 Å². The van der Waals surface area contributed by atoms with E-state index in [1.807, 2.05) is 0 Å². The van der Waals surface area contributed by atoms with Gasteiger partial charge in [-0.3, -0.25) is 4.79 Å². The van der Waals surface area contributed by atoms with Crippen LogP contribution in [0.3, 0.4) is 0 Å². The first-order valence-corrected chi connectivity index (χ1v) is 9.49. The zero-order valence-electron chi connectivity index (χ0n) is 15.5. The van der Waals surface area contributed by atoms with Crippen molar-refractivity contribution in [3.63, 3.8) is 0 Å². The van der Waals surface area contributed by atoms with E-state index in [9.17, 15) is 9.90 Å². The summed E-state index contributed by atoms with van der Waals surface area (Å²) in [7, 11) is 0. The number of hydrogen-bond acceptors (Lipinski definition) is 2. The summed E-state index contributed by atoms with van der Waals surface area (Å²) in [6.45, 7) is 5.42. The number of hydrogen-bond donors (Lipinski definition) is 2. The monoisotopic (exact) mass is 326 g/mol. The van der Waals surface area contributed by atoms with Crippen LogP contribution in [0.4, 0.5) is 0 Å². The van der Waals surface area contributed by atoms with E-state index < -0.39 is 17.5 Å². The summed E-state index contributed by atoms with van der Waals surface area (Å²) >= 11 is 0. The number of unbranched alkanes of at least 4 members (excludes halogenated alkanes) is 9. The molecule has 0 saturated carbocycles. The van der Waals surface area contributed by atoms with Gasteiger partial charge in [0.25, 0.3) is 0 Å². The molecule has 23 heavy (non-hydrogen) atoms. The summed E-state index contributed by atoms with van der Waals surface area (Å²) in [5.41, 5.74) is -1.04. The van der Waals surface area contributed by atoms with Crippen LogP contribution in [0.15, 0.2) is 12.2 Å². The lowest BCUT2D eigenvalue weighted by molar-refractivity contribution is -0.153. The number of aliphatic hydroxyl groups is 1. The van der Waals surface area contributed by atoms with Gasteiger partial charge in [0.05, 0.1) is 11.5 Å². The zero-order chi connectivity index (χ0) is 17.6. The third-order valence-electron chi connectivity index (χ3n) is 4.62. The SMILES string of the molecule is CCCCCCCC/C=C\CCCCCC(O)C(C)(C)C(=O)O. The summed E-state index contributed by atoms with van der Waals surface area (Å²) in [6, 6.07) is 0. The Morgan fingerprint density at radius 1 is 0.913 bits per heavy atom. The summed E-state index contributed by atoms with van der Waals surface area (Å²) < 4.78 is 0. The predicted molar refractivity (Wildman–Crippen MR) is 97.6 cm³/mol. The van der Waals surface area contributed by atoms with Crippen molar-refractivity contribution in [2.75, 3.05) is 0 Å². The van der Waals surface area contributed by atoms with Crippen molar-refractivity contribution >= 4 is 5.97 Å². The Labute approximate surface area is 143 Å². The van der Waals surface area contributed by atoms with Crippen LogP contribution < -0.4 is 0 Å². The van der Waals surface area contributed by atoms with Gasteiger partial charge in [-0.1, -0.05) is 64.0 Å². The van der Waals surface area contributed by atoms with Crippen LogP contribution in [0, 0.1) is 5.41 Å². The quantitative estimate of drug-likeness (QED) is 0.299. The van der Waals surface area contributed by atoms with Crippen LogP contribution in [0.1, 0.15) is 97.8 Å². The highest BCUT2D eigenvalue weighted by Gasteiger charge is 2.34. The lowest BCUT2D eigenvalue weighted by atomic mass is 9.84. The van der Waals surface area contributed by atoms with Crippen molar-refractivity contribution in [2.24, 2.45) is 5.41 Å². The third kappa shape index (κ3) is 11.4. The average molecular weight is 327 g/mol. The number of carbonyl (C=O) groups is 1. The van der Waals surface area contributed by atoms with Crippen LogP contribution in [0.2, 0.25) is 0 Å². The molecular weight excluding hydrogens is 288 g/mol. The zero-order valence-corrected chi connectivity index (χ0v) is 15.5. The van der Waals surface area contributed by atoms with E-state index in [2.05, 4.69) is 19.1 Å². The predicted octanol–water partition coefficient (Wildman–Crippen LogP) is 5.72. The van der Waals surface area contributed by atoms with Crippen LogP contribution >= 0.6 is 0 Å². The lowest BCUT2D eigenvalue weighted by Crippen LogP contribution is -2.36. The summed E-state index contributed by atoms with van der Waals surface area (Å²) in [6.07, 6.45) is 17.8. The molecule has 0 aromatic carbocycles. The largest absolute Gasteiger partial charge is 0.481 e. The minimum atomic E-state index is -1.04. The molecule has 0 aliphatic carbocycles. The minimum absolute atomic E-state index is 0.570. The highest BCUT2D eigenvalue weighted by atomic mass is 16.4. The fourth-order valence-electron chi connectivity index (χ4n) is 2.56. The van der Waals surface area contributed by atoms with Crippen molar-refractivity contribution in [3.8, 4) is 0 Å². The fraction of sp³-hybridized carbons (Fsp3) is 0.850. The first-order valence-electron chi connectivity index (χ1n) is 9.49. The molecule has 0 aliphatic rings. The molecule has 136 valence electrons. The smallest absolute Gasteiger partial charge is 0.311 e. The molecule has 2 N–H and O–H groups in total. The first-order chi connectivity index (χ1) is 10.9. The van der Waals surface area contributed by atoms with Gasteiger partial charge in [0.2, 0.25) is 0 Å². The van der Waals surface area contributed by atoms with Crippen LogP contribution in [0.25, 0.3) is 0 Å².